The van der Waals surface area contributed by atoms with E-state index in [0.717, 1.165) is 17.7 Å². The average molecular weight is 440 g/mol. The van der Waals surface area contributed by atoms with Crippen LogP contribution in [0, 0.1) is 13.8 Å². The zero-order chi connectivity index (χ0) is 22.1. The van der Waals surface area contributed by atoms with Crippen LogP contribution in [0.3, 0.4) is 0 Å². The predicted molar refractivity (Wildman–Crippen MR) is 122 cm³/mol. The second-order valence-electron chi connectivity index (χ2n) is 6.92. The minimum atomic E-state index is -0.297. The Morgan fingerprint density at radius 2 is 1.87 bits per heavy atom. The second-order valence-corrected chi connectivity index (χ2v) is 8.01. The van der Waals surface area contributed by atoms with Crippen LogP contribution < -0.4 is 20.6 Å². The average Bonchev–Trinajstić information content (AvgIpc) is 3.12. The predicted octanol–water partition coefficient (Wildman–Crippen LogP) is 3.28. The van der Waals surface area contributed by atoms with E-state index in [1.165, 1.54) is 22.5 Å². The number of para-hydroxylation sites is 1. The molecule has 3 rings (SSSR count). The van der Waals surface area contributed by atoms with E-state index in [4.69, 9.17) is 15.2 Å². The number of carbonyl (C=O) groups is 1. The SMILES string of the molecule is Cc1cc(C)cc(OCCCOc2ccccc2/C=N/NC(=O)Cc2nnc(N)s2)c1. The smallest absolute Gasteiger partial charge is 0.247 e. The van der Waals surface area contributed by atoms with Crippen LogP contribution in [-0.4, -0.2) is 35.5 Å². The van der Waals surface area contributed by atoms with Crippen LogP contribution in [0.5, 0.6) is 11.5 Å². The van der Waals surface area contributed by atoms with Crippen molar-refractivity contribution in [3.63, 3.8) is 0 Å². The summed E-state index contributed by atoms with van der Waals surface area (Å²) in [4.78, 5) is 11.9. The van der Waals surface area contributed by atoms with Crippen molar-refractivity contribution >= 4 is 28.6 Å². The van der Waals surface area contributed by atoms with Gasteiger partial charge in [-0.25, -0.2) is 5.43 Å². The molecular weight excluding hydrogens is 414 g/mol. The van der Waals surface area contributed by atoms with Crippen molar-refractivity contribution in [1.29, 1.82) is 0 Å². The molecule has 8 nitrogen and oxygen atoms in total. The Balaban J connectivity index is 1.44. The number of hydrogen-bond donors (Lipinski definition) is 2. The van der Waals surface area contributed by atoms with Gasteiger partial charge in [-0.1, -0.05) is 29.5 Å². The molecule has 1 aromatic heterocycles. The zero-order valence-corrected chi connectivity index (χ0v) is 18.3. The molecule has 0 unspecified atom stereocenters. The van der Waals surface area contributed by atoms with Gasteiger partial charge >= 0.3 is 0 Å². The molecule has 1 heterocycles. The van der Waals surface area contributed by atoms with Gasteiger partial charge in [0.2, 0.25) is 11.0 Å². The molecule has 0 fully saturated rings. The highest BCUT2D eigenvalue weighted by Crippen LogP contribution is 2.18. The molecule has 0 atom stereocenters. The molecule has 31 heavy (non-hydrogen) atoms. The molecule has 0 aliphatic heterocycles. The van der Waals surface area contributed by atoms with Gasteiger partial charge in [0.05, 0.1) is 25.8 Å². The Kier molecular flexibility index (Phi) is 7.94. The molecule has 0 spiro atoms. The summed E-state index contributed by atoms with van der Waals surface area (Å²) in [5.74, 6) is 1.26. The molecule has 162 valence electrons. The first-order valence-electron chi connectivity index (χ1n) is 9.82. The third-order valence-electron chi connectivity index (χ3n) is 4.12. The van der Waals surface area contributed by atoms with Crippen LogP contribution >= 0.6 is 11.3 Å². The highest BCUT2D eigenvalue weighted by molar-refractivity contribution is 7.15. The third-order valence-corrected chi connectivity index (χ3v) is 4.87. The van der Waals surface area contributed by atoms with E-state index in [2.05, 4.69) is 40.6 Å². The van der Waals surface area contributed by atoms with Crippen molar-refractivity contribution in [2.45, 2.75) is 26.7 Å². The van der Waals surface area contributed by atoms with Crippen molar-refractivity contribution in [2.75, 3.05) is 18.9 Å². The van der Waals surface area contributed by atoms with E-state index in [-0.39, 0.29) is 12.3 Å². The molecule has 9 heteroatoms. The summed E-state index contributed by atoms with van der Waals surface area (Å²) in [6.07, 6.45) is 2.36. The molecular formula is C22H25N5O3S. The van der Waals surface area contributed by atoms with E-state index in [9.17, 15) is 4.79 Å². The fourth-order valence-corrected chi connectivity index (χ4v) is 3.46. The molecule has 0 aliphatic carbocycles. The van der Waals surface area contributed by atoms with E-state index in [0.29, 0.717) is 29.1 Å². The minimum Gasteiger partial charge on any atom is -0.493 e. The number of nitrogens with two attached hydrogens (primary N) is 1. The van der Waals surface area contributed by atoms with Crippen molar-refractivity contribution in [3.8, 4) is 11.5 Å². The number of nitrogens with one attached hydrogen (secondary N) is 1. The van der Waals surface area contributed by atoms with E-state index < -0.39 is 0 Å². The fraction of sp³-hybridized carbons (Fsp3) is 0.273. The van der Waals surface area contributed by atoms with Gasteiger partial charge in [0.15, 0.2) is 0 Å². The number of nitrogen functional groups attached to an aromatic ring is 1. The number of hydrazone groups is 1. The molecule has 1 amide bonds. The molecule has 0 bridgehead atoms. The highest BCUT2D eigenvalue weighted by Gasteiger charge is 2.07. The largest absolute Gasteiger partial charge is 0.493 e. The summed E-state index contributed by atoms with van der Waals surface area (Å²) < 4.78 is 11.7. The summed E-state index contributed by atoms with van der Waals surface area (Å²) >= 11 is 1.17. The normalized spacial score (nSPS) is 10.9. The summed E-state index contributed by atoms with van der Waals surface area (Å²) in [5, 5.41) is 12.4. The van der Waals surface area contributed by atoms with E-state index >= 15 is 0 Å². The van der Waals surface area contributed by atoms with Gasteiger partial charge in [-0.05, 0) is 49.2 Å². The maximum atomic E-state index is 11.9. The number of aryl methyl sites for hydroxylation is 2. The summed E-state index contributed by atoms with van der Waals surface area (Å²) in [6, 6.07) is 13.6. The summed E-state index contributed by atoms with van der Waals surface area (Å²) in [7, 11) is 0. The Bertz CT molecular complexity index is 1030. The van der Waals surface area contributed by atoms with Crippen LogP contribution in [0.15, 0.2) is 47.6 Å². The Morgan fingerprint density at radius 3 is 2.61 bits per heavy atom. The van der Waals surface area contributed by atoms with Crippen LogP contribution in [-0.2, 0) is 11.2 Å². The highest BCUT2D eigenvalue weighted by atomic mass is 32.1. The number of benzene rings is 2. The first-order valence-corrected chi connectivity index (χ1v) is 10.6. The number of rotatable bonds is 10. The van der Waals surface area contributed by atoms with Crippen LogP contribution in [0.1, 0.15) is 28.1 Å². The first-order chi connectivity index (χ1) is 15.0. The van der Waals surface area contributed by atoms with E-state index in [1.807, 2.05) is 36.4 Å². The number of ether oxygens (including phenoxy) is 2. The van der Waals surface area contributed by atoms with Gasteiger partial charge in [-0.15, -0.1) is 10.2 Å². The number of anilines is 1. The standard InChI is InChI=1S/C22H25N5O3S/c1-15-10-16(2)12-18(11-15)29-8-5-9-30-19-7-4-3-6-17(19)14-24-25-20(28)13-21-26-27-22(23)31-21/h3-4,6-7,10-12,14H,5,8-9,13H2,1-2H3,(H2,23,27)(H,25,28)/b24-14+. The Labute approximate surface area is 185 Å². The Morgan fingerprint density at radius 1 is 1.13 bits per heavy atom. The van der Waals surface area contributed by atoms with Crippen molar-refractivity contribution < 1.29 is 14.3 Å². The minimum absolute atomic E-state index is 0.0742. The number of amides is 1. The lowest BCUT2D eigenvalue weighted by Gasteiger charge is -2.10. The van der Waals surface area contributed by atoms with Crippen molar-refractivity contribution in [3.05, 3.63) is 64.2 Å². The molecule has 2 aromatic carbocycles. The summed E-state index contributed by atoms with van der Waals surface area (Å²) in [6.45, 7) is 5.16. The lowest BCUT2D eigenvalue weighted by Crippen LogP contribution is -2.19. The van der Waals surface area contributed by atoms with Gasteiger partial charge in [-0.2, -0.15) is 5.10 Å². The number of carbonyl (C=O) groups excluding carboxylic acids is 1. The van der Waals surface area contributed by atoms with Gasteiger partial charge in [0, 0.05) is 12.0 Å². The topological polar surface area (TPSA) is 112 Å². The van der Waals surface area contributed by atoms with Crippen molar-refractivity contribution in [1.82, 2.24) is 15.6 Å². The van der Waals surface area contributed by atoms with Crippen LogP contribution in [0.4, 0.5) is 5.13 Å². The molecule has 0 aliphatic rings. The van der Waals surface area contributed by atoms with Crippen molar-refractivity contribution in [2.24, 2.45) is 5.10 Å². The van der Waals surface area contributed by atoms with Gasteiger partial charge in [0.1, 0.15) is 16.5 Å². The molecule has 0 radical (unpaired) electrons. The molecule has 3 N–H and O–H groups in total. The Hall–Kier alpha value is -3.46. The summed E-state index contributed by atoms with van der Waals surface area (Å²) in [5.41, 5.74) is 11.1. The maximum absolute atomic E-state index is 11.9. The van der Waals surface area contributed by atoms with Gasteiger partial charge in [0.25, 0.3) is 0 Å². The molecule has 0 saturated heterocycles. The number of hydrogen-bond acceptors (Lipinski definition) is 8. The van der Waals surface area contributed by atoms with Crippen LogP contribution in [0.2, 0.25) is 0 Å². The number of aromatic nitrogens is 2. The van der Waals surface area contributed by atoms with Gasteiger partial charge in [-0.3, -0.25) is 4.79 Å². The van der Waals surface area contributed by atoms with Crippen LogP contribution in [0.25, 0.3) is 0 Å². The lowest BCUT2D eigenvalue weighted by atomic mass is 10.1. The second kappa shape index (κ2) is 11.1. The molecule has 3 aromatic rings. The third kappa shape index (κ3) is 7.38. The number of nitrogens with zero attached hydrogens (tertiary/aromatic N) is 3. The zero-order valence-electron chi connectivity index (χ0n) is 17.5. The monoisotopic (exact) mass is 439 g/mol. The lowest BCUT2D eigenvalue weighted by molar-refractivity contribution is -0.120. The molecule has 0 saturated carbocycles. The maximum Gasteiger partial charge on any atom is 0.247 e. The quantitative estimate of drug-likeness (QED) is 0.285. The van der Waals surface area contributed by atoms with E-state index in [1.54, 1.807) is 6.21 Å². The fourth-order valence-electron chi connectivity index (χ4n) is 2.85. The first kappa shape index (κ1) is 22.2. The van der Waals surface area contributed by atoms with Gasteiger partial charge < -0.3 is 15.2 Å².